The van der Waals surface area contributed by atoms with Crippen LogP contribution in [0.5, 0.6) is 0 Å². The highest BCUT2D eigenvalue weighted by Crippen LogP contribution is 2.53. The Morgan fingerprint density at radius 3 is 2.70 bits per heavy atom. The fourth-order valence-electron chi connectivity index (χ4n) is 4.38. The van der Waals surface area contributed by atoms with Crippen molar-refractivity contribution in [1.29, 1.82) is 0 Å². The Balaban J connectivity index is 1.44. The SMILES string of the molecule is O=C1OC2(CCN(C(=O)C3(c4ccc(Cl)cc4Cl)CC3)C2)c2cccnc21. The fourth-order valence-corrected chi connectivity index (χ4v) is 4.97. The molecule has 1 aromatic carbocycles. The second-order valence-corrected chi connectivity index (χ2v) is 8.31. The maximum absolute atomic E-state index is 13.4. The predicted octanol–water partition coefficient (Wildman–Crippen LogP) is 3.72. The van der Waals surface area contributed by atoms with Gasteiger partial charge < -0.3 is 9.64 Å². The number of benzene rings is 1. The van der Waals surface area contributed by atoms with Crippen molar-refractivity contribution < 1.29 is 14.3 Å². The van der Waals surface area contributed by atoms with E-state index >= 15 is 0 Å². The molecule has 3 aliphatic rings. The lowest BCUT2D eigenvalue weighted by atomic mass is 9.93. The van der Waals surface area contributed by atoms with Crippen LogP contribution in [0.1, 0.15) is 40.9 Å². The van der Waals surface area contributed by atoms with Crippen molar-refractivity contribution in [3.63, 3.8) is 0 Å². The van der Waals surface area contributed by atoms with Crippen LogP contribution in [-0.4, -0.2) is 34.8 Å². The Kier molecular flexibility index (Phi) is 3.59. The first-order valence-corrected chi connectivity index (χ1v) is 9.65. The quantitative estimate of drug-likeness (QED) is 0.718. The zero-order valence-corrected chi connectivity index (χ0v) is 15.9. The van der Waals surface area contributed by atoms with Crippen LogP contribution < -0.4 is 0 Å². The summed E-state index contributed by atoms with van der Waals surface area (Å²) in [5, 5.41) is 1.07. The number of pyridine rings is 1. The molecule has 1 spiro atoms. The first kappa shape index (κ1) is 17.0. The fraction of sp³-hybridized carbons (Fsp3) is 0.350. The summed E-state index contributed by atoms with van der Waals surface area (Å²) >= 11 is 12.4. The normalized spacial score (nSPS) is 24.8. The minimum atomic E-state index is -0.782. The van der Waals surface area contributed by atoms with Gasteiger partial charge in [0.15, 0.2) is 11.3 Å². The molecule has 3 heterocycles. The molecule has 2 aliphatic heterocycles. The second-order valence-electron chi connectivity index (χ2n) is 7.47. The van der Waals surface area contributed by atoms with Crippen molar-refractivity contribution in [2.24, 2.45) is 0 Å². The van der Waals surface area contributed by atoms with Gasteiger partial charge in [-0.15, -0.1) is 0 Å². The third-order valence-electron chi connectivity index (χ3n) is 5.91. The van der Waals surface area contributed by atoms with Crippen molar-refractivity contribution >= 4 is 35.1 Å². The van der Waals surface area contributed by atoms with E-state index in [1.807, 2.05) is 12.1 Å². The highest BCUT2D eigenvalue weighted by molar-refractivity contribution is 6.35. The topological polar surface area (TPSA) is 59.5 Å². The van der Waals surface area contributed by atoms with Crippen LogP contribution in [-0.2, 0) is 20.5 Å². The molecule has 0 radical (unpaired) electrons. The summed E-state index contributed by atoms with van der Waals surface area (Å²) in [6.45, 7) is 0.886. The molecule has 138 valence electrons. The van der Waals surface area contributed by atoms with Crippen LogP contribution in [0, 0.1) is 0 Å². The number of carbonyl (C=O) groups excluding carboxylic acids is 2. The Morgan fingerprint density at radius 2 is 1.96 bits per heavy atom. The Labute approximate surface area is 166 Å². The monoisotopic (exact) mass is 402 g/mol. The molecule has 1 aromatic heterocycles. The first-order valence-electron chi connectivity index (χ1n) is 8.89. The van der Waals surface area contributed by atoms with Gasteiger partial charge in [-0.25, -0.2) is 9.78 Å². The molecule has 1 aliphatic carbocycles. The van der Waals surface area contributed by atoms with Crippen LogP contribution in [0.25, 0.3) is 0 Å². The van der Waals surface area contributed by atoms with Crippen molar-refractivity contribution in [3.05, 3.63) is 63.4 Å². The van der Waals surface area contributed by atoms with E-state index in [-0.39, 0.29) is 5.91 Å². The third-order valence-corrected chi connectivity index (χ3v) is 6.45. The average molecular weight is 403 g/mol. The first-order chi connectivity index (χ1) is 13.0. The Morgan fingerprint density at radius 1 is 1.15 bits per heavy atom. The number of carbonyl (C=O) groups is 2. The summed E-state index contributed by atoms with van der Waals surface area (Å²) in [6, 6.07) is 8.95. The summed E-state index contributed by atoms with van der Waals surface area (Å²) in [7, 11) is 0. The molecule has 1 saturated carbocycles. The van der Waals surface area contributed by atoms with Gasteiger partial charge in [0.1, 0.15) is 0 Å². The largest absolute Gasteiger partial charge is 0.447 e. The minimum absolute atomic E-state index is 0.0389. The van der Waals surface area contributed by atoms with E-state index in [0.717, 1.165) is 24.0 Å². The minimum Gasteiger partial charge on any atom is -0.447 e. The highest BCUT2D eigenvalue weighted by Gasteiger charge is 2.58. The van der Waals surface area contributed by atoms with Crippen molar-refractivity contribution in [1.82, 2.24) is 9.88 Å². The van der Waals surface area contributed by atoms with E-state index in [1.54, 1.807) is 29.3 Å². The van der Waals surface area contributed by atoms with E-state index in [2.05, 4.69) is 4.98 Å². The standard InChI is InChI=1S/C20H16Cl2N2O3/c21-12-3-4-13(15(22)10-12)19(5-6-19)18(26)24-9-7-20(11-24)14-2-1-8-23-16(14)17(25)27-20/h1-4,8,10H,5-7,9,11H2. The Hall–Kier alpha value is -2.11. The van der Waals surface area contributed by atoms with E-state index in [0.29, 0.717) is 35.2 Å². The Bertz CT molecular complexity index is 989. The third kappa shape index (κ3) is 2.41. The van der Waals surface area contributed by atoms with E-state index in [9.17, 15) is 9.59 Å². The van der Waals surface area contributed by atoms with Crippen molar-refractivity contribution in [2.45, 2.75) is 30.3 Å². The summed E-state index contributed by atoms with van der Waals surface area (Å²) in [6.07, 6.45) is 3.68. The van der Waals surface area contributed by atoms with Crippen LogP contribution in [0.3, 0.4) is 0 Å². The average Bonchev–Trinajstić information content (AvgIpc) is 3.27. The summed E-state index contributed by atoms with van der Waals surface area (Å²) in [5.74, 6) is -0.376. The number of fused-ring (bicyclic) bond motifs is 2. The molecule has 1 unspecified atom stereocenters. The van der Waals surface area contributed by atoms with Gasteiger partial charge in [0, 0.05) is 34.8 Å². The molecule has 0 bridgehead atoms. The number of nitrogens with zero attached hydrogens (tertiary/aromatic N) is 2. The van der Waals surface area contributed by atoms with Gasteiger partial charge in [-0.3, -0.25) is 4.79 Å². The lowest BCUT2D eigenvalue weighted by molar-refractivity contribution is -0.134. The molecule has 2 aromatic rings. The zero-order chi connectivity index (χ0) is 18.8. The number of likely N-dealkylation sites (tertiary alicyclic amines) is 1. The molecule has 5 rings (SSSR count). The van der Waals surface area contributed by atoms with Crippen LogP contribution in [0.4, 0.5) is 0 Å². The maximum atomic E-state index is 13.4. The van der Waals surface area contributed by atoms with Gasteiger partial charge in [0.05, 0.1) is 12.0 Å². The van der Waals surface area contributed by atoms with E-state index < -0.39 is 17.0 Å². The lowest BCUT2D eigenvalue weighted by Gasteiger charge is -2.27. The number of aromatic nitrogens is 1. The second kappa shape index (κ2) is 5.69. The number of amides is 1. The number of hydrogen-bond acceptors (Lipinski definition) is 4. The number of hydrogen-bond donors (Lipinski definition) is 0. The van der Waals surface area contributed by atoms with Crippen molar-refractivity contribution in [3.8, 4) is 0 Å². The molecule has 1 saturated heterocycles. The van der Waals surface area contributed by atoms with E-state index in [4.69, 9.17) is 27.9 Å². The van der Waals surface area contributed by atoms with E-state index in [1.165, 1.54) is 0 Å². The molecule has 5 nitrogen and oxygen atoms in total. The lowest BCUT2D eigenvalue weighted by Crippen LogP contribution is -2.40. The van der Waals surface area contributed by atoms with Gasteiger partial charge in [-0.05, 0) is 36.6 Å². The van der Waals surface area contributed by atoms with Gasteiger partial charge in [0.25, 0.3) is 0 Å². The smallest absolute Gasteiger partial charge is 0.358 e. The molecular weight excluding hydrogens is 387 g/mol. The maximum Gasteiger partial charge on any atom is 0.358 e. The van der Waals surface area contributed by atoms with Gasteiger partial charge in [0.2, 0.25) is 5.91 Å². The number of esters is 1. The van der Waals surface area contributed by atoms with Crippen LogP contribution in [0.15, 0.2) is 36.5 Å². The molecular formula is C20H16Cl2N2O3. The molecule has 1 atom stereocenters. The molecule has 27 heavy (non-hydrogen) atoms. The number of halogens is 2. The van der Waals surface area contributed by atoms with Gasteiger partial charge in [-0.2, -0.15) is 0 Å². The summed E-state index contributed by atoms with van der Waals surface area (Å²) < 4.78 is 5.70. The highest BCUT2D eigenvalue weighted by atomic mass is 35.5. The predicted molar refractivity (Wildman–Crippen MR) is 99.9 cm³/mol. The van der Waals surface area contributed by atoms with Gasteiger partial charge >= 0.3 is 5.97 Å². The van der Waals surface area contributed by atoms with Crippen LogP contribution >= 0.6 is 23.2 Å². The number of ether oxygens (including phenoxy) is 1. The zero-order valence-electron chi connectivity index (χ0n) is 14.4. The van der Waals surface area contributed by atoms with Gasteiger partial charge in [-0.1, -0.05) is 35.3 Å². The molecule has 1 amide bonds. The molecule has 7 heteroatoms. The summed E-state index contributed by atoms with van der Waals surface area (Å²) in [4.78, 5) is 31.5. The molecule has 0 N–H and O–H groups in total. The summed E-state index contributed by atoms with van der Waals surface area (Å²) in [5.41, 5.74) is 0.586. The molecule has 2 fully saturated rings. The van der Waals surface area contributed by atoms with Crippen LogP contribution in [0.2, 0.25) is 10.0 Å². The number of rotatable bonds is 2. The van der Waals surface area contributed by atoms with Crippen molar-refractivity contribution in [2.75, 3.05) is 13.1 Å².